The standard InChI is InChI=1S/C20H20Cl2F3N3O2/c1-12(13-3-5-14(21)6-4-13)26-18(29)10-28(2)11-19(30)27-15-7-8-17(22)16(9-15)20(23,24)25/h3-9,12H,10-11H2,1-2H3,(H,26,29)(H,27,30). The Morgan fingerprint density at radius 2 is 1.63 bits per heavy atom. The Morgan fingerprint density at radius 3 is 2.23 bits per heavy atom. The monoisotopic (exact) mass is 461 g/mol. The second kappa shape index (κ2) is 10.1. The fourth-order valence-electron chi connectivity index (χ4n) is 2.69. The minimum atomic E-state index is -4.63. The first-order valence-corrected chi connectivity index (χ1v) is 9.61. The third-order valence-electron chi connectivity index (χ3n) is 4.13. The number of nitrogens with one attached hydrogen (secondary N) is 2. The minimum Gasteiger partial charge on any atom is -0.348 e. The summed E-state index contributed by atoms with van der Waals surface area (Å²) in [6, 6.07) is 9.88. The maximum atomic E-state index is 12.9. The summed E-state index contributed by atoms with van der Waals surface area (Å²) in [5.74, 6) is -0.870. The van der Waals surface area contributed by atoms with Crippen LogP contribution < -0.4 is 10.6 Å². The average Bonchev–Trinajstić information content (AvgIpc) is 2.62. The number of rotatable bonds is 7. The molecule has 0 bridgehead atoms. The third-order valence-corrected chi connectivity index (χ3v) is 4.71. The van der Waals surface area contributed by atoms with E-state index in [1.54, 1.807) is 31.3 Å². The number of nitrogens with zero attached hydrogens (tertiary/aromatic N) is 1. The topological polar surface area (TPSA) is 61.4 Å². The number of halogens is 5. The molecule has 1 atom stereocenters. The molecule has 0 aromatic heterocycles. The summed E-state index contributed by atoms with van der Waals surface area (Å²) in [5, 5.41) is 5.31. The summed E-state index contributed by atoms with van der Waals surface area (Å²) < 4.78 is 38.7. The number of anilines is 1. The largest absolute Gasteiger partial charge is 0.417 e. The van der Waals surface area contributed by atoms with Gasteiger partial charge in [-0.15, -0.1) is 0 Å². The highest BCUT2D eigenvalue weighted by Crippen LogP contribution is 2.36. The molecular formula is C20H20Cl2F3N3O2. The molecular weight excluding hydrogens is 442 g/mol. The Hall–Kier alpha value is -2.29. The molecule has 1 unspecified atom stereocenters. The number of hydrogen-bond donors (Lipinski definition) is 2. The van der Waals surface area contributed by atoms with Gasteiger partial charge in [0.1, 0.15) is 0 Å². The zero-order valence-electron chi connectivity index (χ0n) is 16.2. The zero-order chi connectivity index (χ0) is 22.5. The van der Waals surface area contributed by atoms with E-state index in [1.807, 2.05) is 6.92 Å². The van der Waals surface area contributed by atoms with Gasteiger partial charge in [-0.25, -0.2) is 0 Å². The molecule has 0 aliphatic carbocycles. The van der Waals surface area contributed by atoms with E-state index in [1.165, 1.54) is 11.0 Å². The predicted octanol–water partition coefficient (Wildman–Crippen LogP) is 4.76. The minimum absolute atomic E-state index is 0.0362. The Kier molecular flexibility index (Phi) is 8.11. The zero-order valence-corrected chi connectivity index (χ0v) is 17.7. The maximum absolute atomic E-state index is 12.9. The molecule has 2 aromatic carbocycles. The van der Waals surface area contributed by atoms with Crippen LogP contribution in [0.3, 0.4) is 0 Å². The lowest BCUT2D eigenvalue weighted by molar-refractivity contribution is -0.137. The SMILES string of the molecule is CC(NC(=O)CN(C)CC(=O)Nc1ccc(Cl)c(C(F)(F)F)c1)c1ccc(Cl)cc1. The van der Waals surface area contributed by atoms with Crippen LogP contribution in [-0.4, -0.2) is 36.9 Å². The van der Waals surface area contributed by atoms with Gasteiger partial charge in [0.25, 0.3) is 0 Å². The summed E-state index contributed by atoms with van der Waals surface area (Å²) in [5.41, 5.74) is -0.201. The molecule has 2 N–H and O–H groups in total. The smallest absolute Gasteiger partial charge is 0.348 e. The Balaban J connectivity index is 1.87. The fourth-order valence-corrected chi connectivity index (χ4v) is 3.04. The first-order valence-electron chi connectivity index (χ1n) is 8.85. The highest BCUT2D eigenvalue weighted by Gasteiger charge is 2.33. The summed E-state index contributed by atoms with van der Waals surface area (Å²) in [6.45, 7) is 1.55. The van der Waals surface area contributed by atoms with Gasteiger partial charge in [-0.05, 0) is 49.9 Å². The molecule has 5 nitrogen and oxygen atoms in total. The van der Waals surface area contributed by atoms with Crippen molar-refractivity contribution in [1.29, 1.82) is 0 Å². The van der Waals surface area contributed by atoms with Crippen LogP contribution in [0, 0.1) is 0 Å². The maximum Gasteiger partial charge on any atom is 0.417 e. The van der Waals surface area contributed by atoms with Crippen LogP contribution in [0.5, 0.6) is 0 Å². The van der Waals surface area contributed by atoms with Crippen LogP contribution >= 0.6 is 23.2 Å². The molecule has 0 radical (unpaired) electrons. The van der Waals surface area contributed by atoms with E-state index in [2.05, 4.69) is 10.6 Å². The first kappa shape index (κ1) is 24.0. The normalized spacial score (nSPS) is 12.5. The second-order valence-corrected chi connectivity index (χ2v) is 7.60. The Bertz CT molecular complexity index is 905. The fraction of sp³-hybridized carbons (Fsp3) is 0.300. The molecule has 10 heteroatoms. The van der Waals surface area contributed by atoms with Crippen LogP contribution in [0.2, 0.25) is 10.0 Å². The lowest BCUT2D eigenvalue weighted by Gasteiger charge is -2.19. The van der Waals surface area contributed by atoms with Crippen molar-refractivity contribution in [2.24, 2.45) is 0 Å². The first-order chi connectivity index (χ1) is 14.0. The second-order valence-electron chi connectivity index (χ2n) is 6.75. The lowest BCUT2D eigenvalue weighted by Crippen LogP contribution is -2.39. The van der Waals surface area contributed by atoms with Crippen molar-refractivity contribution < 1.29 is 22.8 Å². The quantitative estimate of drug-likeness (QED) is 0.624. The molecule has 0 spiro atoms. The number of hydrogen-bond acceptors (Lipinski definition) is 3. The van der Waals surface area contributed by atoms with Gasteiger partial charge in [0.2, 0.25) is 11.8 Å². The van der Waals surface area contributed by atoms with E-state index in [0.29, 0.717) is 5.02 Å². The molecule has 2 amide bonds. The van der Waals surface area contributed by atoms with Gasteiger partial charge in [-0.1, -0.05) is 35.3 Å². The van der Waals surface area contributed by atoms with Gasteiger partial charge in [0.05, 0.1) is 29.7 Å². The van der Waals surface area contributed by atoms with E-state index >= 15 is 0 Å². The molecule has 2 aromatic rings. The molecule has 0 saturated carbocycles. The van der Waals surface area contributed by atoms with Crippen LogP contribution in [0.25, 0.3) is 0 Å². The predicted molar refractivity (Wildman–Crippen MR) is 111 cm³/mol. The highest BCUT2D eigenvalue weighted by atomic mass is 35.5. The van der Waals surface area contributed by atoms with Crippen LogP contribution in [-0.2, 0) is 15.8 Å². The van der Waals surface area contributed by atoms with Gasteiger partial charge < -0.3 is 10.6 Å². The van der Waals surface area contributed by atoms with Crippen molar-refractivity contribution in [2.45, 2.75) is 19.1 Å². The van der Waals surface area contributed by atoms with Crippen molar-refractivity contribution >= 4 is 40.7 Å². The average molecular weight is 462 g/mol. The molecule has 162 valence electrons. The third kappa shape index (κ3) is 7.19. The van der Waals surface area contributed by atoms with Crippen molar-refractivity contribution in [1.82, 2.24) is 10.2 Å². The van der Waals surface area contributed by atoms with E-state index in [-0.39, 0.29) is 30.7 Å². The molecule has 0 fully saturated rings. The Labute approximate surface area is 182 Å². The number of benzene rings is 2. The van der Waals surface area contributed by atoms with Crippen molar-refractivity contribution in [3.8, 4) is 0 Å². The molecule has 30 heavy (non-hydrogen) atoms. The molecule has 0 saturated heterocycles. The van der Waals surface area contributed by atoms with Gasteiger partial charge in [-0.3, -0.25) is 14.5 Å². The van der Waals surface area contributed by atoms with Gasteiger partial charge in [0, 0.05) is 10.7 Å². The number of carbonyl (C=O) groups excluding carboxylic acids is 2. The summed E-state index contributed by atoms with van der Waals surface area (Å²) in [7, 11) is 1.55. The van der Waals surface area contributed by atoms with E-state index in [4.69, 9.17) is 23.2 Å². The van der Waals surface area contributed by atoms with Gasteiger partial charge in [0.15, 0.2) is 0 Å². The molecule has 2 rings (SSSR count). The van der Waals surface area contributed by atoms with E-state index in [9.17, 15) is 22.8 Å². The molecule has 0 aliphatic heterocycles. The van der Waals surface area contributed by atoms with Crippen LogP contribution in [0.4, 0.5) is 18.9 Å². The number of carbonyl (C=O) groups is 2. The van der Waals surface area contributed by atoms with Gasteiger partial charge >= 0.3 is 6.18 Å². The number of amides is 2. The molecule has 0 aliphatic rings. The van der Waals surface area contributed by atoms with Crippen molar-refractivity contribution in [2.75, 3.05) is 25.5 Å². The molecule has 0 heterocycles. The summed E-state index contributed by atoms with van der Waals surface area (Å²) in [4.78, 5) is 25.7. The van der Waals surface area contributed by atoms with E-state index in [0.717, 1.165) is 17.7 Å². The van der Waals surface area contributed by atoms with Crippen LogP contribution in [0.1, 0.15) is 24.1 Å². The van der Waals surface area contributed by atoms with Crippen molar-refractivity contribution in [3.63, 3.8) is 0 Å². The summed E-state index contributed by atoms with van der Waals surface area (Å²) in [6.07, 6.45) is -4.63. The van der Waals surface area contributed by atoms with Crippen molar-refractivity contribution in [3.05, 3.63) is 63.6 Å². The lowest BCUT2D eigenvalue weighted by atomic mass is 10.1. The van der Waals surface area contributed by atoms with Gasteiger partial charge in [-0.2, -0.15) is 13.2 Å². The van der Waals surface area contributed by atoms with Crippen LogP contribution in [0.15, 0.2) is 42.5 Å². The van der Waals surface area contributed by atoms with E-state index < -0.39 is 22.7 Å². The summed E-state index contributed by atoms with van der Waals surface area (Å²) >= 11 is 11.4. The highest BCUT2D eigenvalue weighted by molar-refractivity contribution is 6.31. The number of alkyl halides is 3. The number of likely N-dealkylation sites (N-methyl/N-ethyl adjacent to an activating group) is 1. The Morgan fingerprint density at radius 1 is 1.03 bits per heavy atom.